The van der Waals surface area contributed by atoms with Crippen molar-refractivity contribution in [1.82, 2.24) is 9.97 Å². The fraction of sp³-hybridized carbons (Fsp3) is 0.250. The van der Waals surface area contributed by atoms with E-state index in [9.17, 15) is 9.18 Å². The number of aliphatic hydroxyl groups excluding tert-OH is 1. The molecule has 138 valence electrons. The number of benzene rings is 1. The minimum atomic E-state index is -0.525. The third-order valence-corrected chi connectivity index (χ3v) is 5.35. The SMILES string of the molecule is Cc1ccncc1-c1cc2cc(NC(=O)[C@@H]3C[C@@H]3CO)ncc2c(Cl)c1F. The van der Waals surface area contributed by atoms with Gasteiger partial charge < -0.3 is 10.4 Å². The minimum Gasteiger partial charge on any atom is -0.396 e. The largest absolute Gasteiger partial charge is 0.396 e. The Balaban J connectivity index is 1.73. The summed E-state index contributed by atoms with van der Waals surface area (Å²) >= 11 is 6.24. The highest BCUT2D eigenvalue weighted by Gasteiger charge is 2.42. The first kappa shape index (κ1) is 17.8. The van der Waals surface area contributed by atoms with Gasteiger partial charge in [-0.3, -0.25) is 9.78 Å². The number of nitrogens with zero attached hydrogens (tertiary/aromatic N) is 2. The predicted octanol–water partition coefficient (Wildman–Crippen LogP) is 3.96. The zero-order chi connectivity index (χ0) is 19.1. The zero-order valence-electron chi connectivity index (χ0n) is 14.5. The quantitative estimate of drug-likeness (QED) is 0.712. The molecule has 27 heavy (non-hydrogen) atoms. The van der Waals surface area contributed by atoms with E-state index in [1.54, 1.807) is 30.6 Å². The van der Waals surface area contributed by atoms with Gasteiger partial charge in [0.1, 0.15) is 11.6 Å². The van der Waals surface area contributed by atoms with Crippen molar-refractivity contribution in [2.45, 2.75) is 13.3 Å². The molecule has 0 unspecified atom stereocenters. The lowest BCUT2D eigenvalue weighted by Crippen LogP contribution is -2.16. The molecule has 4 rings (SSSR count). The molecule has 3 aromatic rings. The number of aryl methyl sites for hydroxylation is 1. The summed E-state index contributed by atoms with van der Waals surface area (Å²) in [6, 6.07) is 5.16. The van der Waals surface area contributed by atoms with Gasteiger partial charge in [-0.15, -0.1) is 0 Å². The van der Waals surface area contributed by atoms with Crippen molar-refractivity contribution >= 4 is 34.1 Å². The number of hydrogen-bond acceptors (Lipinski definition) is 4. The number of rotatable bonds is 4. The Morgan fingerprint density at radius 2 is 2.19 bits per heavy atom. The number of nitrogens with one attached hydrogen (secondary N) is 1. The Morgan fingerprint density at radius 1 is 1.37 bits per heavy atom. The van der Waals surface area contributed by atoms with E-state index in [4.69, 9.17) is 16.7 Å². The van der Waals surface area contributed by atoms with Crippen molar-refractivity contribution in [1.29, 1.82) is 0 Å². The van der Waals surface area contributed by atoms with Gasteiger partial charge in [-0.1, -0.05) is 11.6 Å². The van der Waals surface area contributed by atoms with Crippen molar-refractivity contribution in [3.05, 3.63) is 53.2 Å². The second kappa shape index (κ2) is 6.87. The van der Waals surface area contributed by atoms with Crippen LogP contribution in [0.15, 0.2) is 36.8 Å². The standard InChI is InChI=1S/C20H17ClFN3O2/c1-10-2-3-23-7-15(10)14-4-11-6-17(24-8-16(11)18(21)19(14)22)25-20(27)13-5-12(13)9-26/h2-4,6-8,12-13,26H,5,9H2,1H3,(H,24,25,27)/t12-,13-/m1/s1. The van der Waals surface area contributed by atoms with Gasteiger partial charge in [-0.2, -0.15) is 0 Å². The van der Waals surface area contributed by atoms with Gasteiger partial charge in [0.05, 0.1) is 5.02 Å². The van der Waals surface area contributed by atoms with Crippen LogP contribution in [-0.2, 0) is 4.79 Å². The first-order valence-electron chi connectivity index (χ1n) is 8.60. The molecule has 0 aliphatic heterocycles. The van der Waals surface area contributed by atoms with Gasteiger partial charge >= 0.3 is 0 Å². The summed E-state index contributed by atoms with van der Waals surface area (Å²) in [6.45, 7) is 1.88. The number of fused-ring (bicyclic) bond motifs is 1. The monoisotopic (exact) mass is 385 g/mol. The van der Waals surface area contributed by atoms with Crippen LogP contribution in [0.3, 0.4) is 0 Å². The molecule has 1 amide bonds. The molecule has 1 saturated carbocycles. The summed E-state index contributed by atoms with van der Waals surface area (Å²) in [6.07, 6.45) is 5.38. The summed E-state index contributed by atoms with van der Waals surface area (Å²) in [5.74, 6) is -0.486. The number of pyridine rings is 2. The molecule has 2 N–H and O–H groups in total. The minimum absolute atomic E-state index is 0.00590. The highest BCUT2D eigenvalue weighted by Crippen LogP contribution is 2.39. The molecule has 1 aliphatic carbocycles. The van der Waals surface area contributed by atoms with E-state index in [-0.39, 0.29) is 29.4 Å². The number of halogens is 2. The van der Waals surface area contributed by atoms with Crippen LogP contribution >= 0.6 is 11.6 Å². The summed E-state index contributed by atoms with van der Waals surface area (Å²) in [7, 11) is 0. The van der Waals surface area contributed by atoms with Crippen LogP contribution in [0.25, 0.3) is 21.9 Å². The summed E-state index contributed by atoms with van der Waals surface area (Å²) in [4.78, 5) is 20.4. The van der Waals surface area contributed by atoms with Crippen LogP contribution < -0.4 is 5.32 Å². The lowest BCUT2D eigenvalue weighted by Gasteiger charge is -2.12. The fourth-order valence-corrected chi connectivity index (χ4v) is 3.49. The molecule has 2 atom stereocenters. The average molecular weight is 386 g/mol. The van der Waals surface area contributed by atoms with E-state index in [1.165, 1.54) is 6.20 Å². The van der Waals surface area contributed by atoms with Gasteiger partial charge in [-0.25, -0.2) is 9.37 Å². The first-order valence-corrected chi connectivity index (χ1v) is 8.98. The Kier molecular flexibility index (Phi) is 4.53. The number of carbonyl (C=O) groups is 1. The molecule has 0 radical (unpaired) electrons. The van der Waals surface area contributed by atoms with E-state index in [0.717, 1.165) is 5.56 Å². The number of aromatic nitrogens is 2. The second-order valence-electron chi connectivity index (χ2n) is 6.81. The number of hydrogen-bond donors (Lipinski definition) is 2. The number of aliphatic hydroxyl groups is 1. The van der Waals surface area contributed by atoms with E-state index in [1.807, 2.05) is 6.92 Å². The predicted molar refractivity (Wildman–Crippen MR) is 102 cm³/mol. The summed E-state index contributed by atoms with van der Waals surface area (Å²) in [5, 5.41) is 13.0. The van der Waals surface area contributed by atoms with Gasteiger partial charge in [0.25, 0.3) is 0 Å². The van der Waals surface area contributed by atoms with Crippen LogP contribution in [0.4, 0.5) is 10.2 Å². The maximum atomic E-state index is 14.8. The lowest BCUT2D eigenvalue weighted by atomic mass is 9.99. The topological polar surface area (TPSA) is 75.1 Å². The highest BCUT2D eigenvalue weighted by atomic mass is 35.5. The number of anilines is 1. The maximum absolute atomic E-state index is 14.8. The molecule has 1 aliphatic rings. The Morgan fingerprint density at radius 3 is 2.89 bits per heavy atom. The maximum Gasteiger partial charge on any atom is 0.229 e. The van der Waals surface area contributed by atoms with Gasteiger partial charge in [0.2, 0.25) is 5.91 Å². The molecule has 0 saturated heterocycles. The molecule has 0 bridgehead atoms. The van der Waals surface area contributed by atoms with Crippen LogP contribution in [0.2, 0.25) is 5.02 Å². The molecular weight excluding hydrogens is 369 g/mol. The Labute approximate surface area is 160 Å². The van der Waals surface area contributed by atoms with Crippen molar-refractivity contribution in [3.63, 3.8) is 0 Å². The van der Waals surface area contributed by atoms with Crippen LogP contribution in [0.5, 0.6) is 0 Å². The highest BCUT2D eigenvalue weighted by molar-refractivity contribution is 6.36. The van der Waals surface area contributed by atoms with Crippen LogP contribution in [0.1, 0.15) is 12.0 Å². The van der Waals surface area contributed by atoms with Crippen molar-refractivity contribution < 1.29 is 14.3 Å². The number of amides is 1. The molecule has 2 heterocycles. The Bertz CT molecular complexity index is 1060. The van der Waals surface area contributed by atoms with E-state index in [0.29, 0.717) is 34.1 Å². The first-order chi connectivity index (χ1) is 13.0. The number of carbonyl (C=O) groups excluding carboxylic acids is 1. The van der Waals surface area contributed by atoms with Crippen molar-refractivity contribution in [2.75, 3.05) is 11.9 Å². The Hall–Kier alpha value is -2.57. The van der Waals surface area contributed by atoms with Crippen molar-refractivity contribution in [2.24, 2.45) is 11.8 Å². The average Bonchev–Trinajstić information content (AvgIpc) is 3.45. The van der Waals surface area contributed by atoms with E-state index < -0.39 is 5.82 Å². The molecule has 1 aromatic carbocycles. The van der Waals surface area contributed by atoms with Crippen LogP contribution in [0, 0.1) is 24.6 Å². The summed E-state index contributed by atoms with van der Waals surface area (Å²) < 4.78 is 14.8. The van der Waals surface area contributed by atoms with Gasteiger partial charge in [0, 0.05) is 47.6 Å². The third kappa shape index (κ3) is 3.26. The molecular formula is C20H17ClFN3O2. The van der Waals surface area contributed by atoms with Crippen molar-refractivity contribution in [3.8, 4) is 11.1 Å². The van der Waals surface area contributed by atoms with Gasteiger partial charge in [0.15, 0.2) is 0 Å². The molecule has 7 heteroatoms. The molecule has 0 spiro atoms. The second-order valence-corrected chi connectivity index (χ2v) is 7.19. The third-order valence-electron chi connectivity index (χ3n) is 4.98. The fourth-order valence-electron chi connectivity index (χ4n) is 3.23. The summed E-state index contributed by atoms with van der Waals surface area (Å²) in [5.41, 5.74) is 1.89. The normalized spacial score (nSPS) is 18.5. The molecule has 1 fully saturated rings. The lowest BCUT2D eigenvalue weighted by molar-refractivity contribution is -0.117. The van der Waals surface area contributed by atoms with Crippen LogP contribution in [-0.4, -0.2) is 27.6 Å². The zero-order valence-corrected chi connectivity index (χ0v) is 15.3. The smallest absolute Gasteiger partial charge is 0.229 e. The van der Waals surface area contributed by atoms with E-state index in [2.05, 4.69) is 15.3 Å². The van der Waals surface area contributed by atoms with Gasteiger partial charge in [-0.05, 0) is 48.4 Å². The molecule has 2 aromatic heterocycles. The van der Waals surface area contributed by atoms with E-state index >= 15 is 0 Å². The molecule has 5 nitrogen and oxygen atoms in total.